The van der Waals surface area contributed by atoms with E-state index in [4.69, 9.17) is 15.2 Å². The Hall–Kier alpha value is -2.51. The van der Waals surface area contributed by atoms with Gasteiger partial charge in [0.2, 0.25) is 0 Å². The van der Waals surface area contributed by atoms with Gasteiger partial charge in [-0.15, -0.1) is 0 Å². The molecule has 0 aromatic heterocycles. The number of rotatable bonds is 5. The van der Waals surface area contributed by atoms with E-state index in [0.29, 0.717) is 11.5 Å². The van der Waals surface area contributed by atoms with Crippen molar-refractivity contribution in [2.75, 3.05) is 13.7 Å². The molecule has 4 nitrogen and oxygen atoms in total. The summed E-state index contributed by atoms with van der Waals surface area (Å²) in [4.78, 5) is 0. The third kappa shape index (κ3) is 3.33. The third-order valence-corrected chi connectivity index (χ3v) is 3.26. The second-order valence-electron chi connectivity index (χ2n) is 4.89. The summed E-state index contributed by atoms with van der Waals surface area (Å²) in [6, 6.07) is 17.0. The summed E-state index contributed by atoms with van der Waals surface area (Å²) >= 11 is 0. The van der Waals surface area contributed by atoms with Crippen LogP contribution in [-0.4, -0.2) is 13.7 Å². The molecule has 2 aromatic rings. The largest absolute Gasteiger partial charge is 0.493 e. The lowest BCUT2D eigenvalue weighted by molar-refractivity contribution is 0.243. The number of nitrogens with two attached hydrogens (primary N) is 1. The molecule has 0 fully saturated rings. The van der Waals surface area contributed by atoms with Crippen LogP contribution in [0.3, 0.4) is 0 Å². The normalized spacial score (nSPS) is 13.0. The molecule has 2 aromatic carbocycles. The van der Waals surface area contributed by atoms with Crippen LogP contribution < -0.4 is 15.2 Å². The molecule has 1 unspecified atom stereocenters. The molecule has 0 saturated heterocycles. The van der Waals surface area contributed by atoms with E-state index in [1.807, 2.05) is 55.5 Å². The minimum atomic E-state index is -1.20. The van der Waals surface area contributed by atoms with E-state index in [-0.39, 0.29) is 6.61 Å². The molecular formula is C17H18N2O2. The fraction of sp³-hybridized carbons (Fsp3) is 0.235. The zero-order valence-electron chi connectivity index (χ0n) is 12.2. The fourth-order valence-electron chi connectivity index (χ4n) is 2.00. The van der Waals surface area contributed by atoms with Gasteiger partial charge in [0.15, 0.2) is 17.0 Å². The highest BCUT2D eigenvalue weighted by Gasteiger charge is 2.28. The van der Waals surface area contributed by atoms with Crippen LogP contribution in [-0.2, 0) is 5.54 Å². The number of hydrogen-bond donors (Lipinski definition) is 1. The van der Waals surface area contributed by atoms with Crippen LogP contribution in [0.1, 0.15) is 11.1 Å². The highest BCUT2D eigenvalue weighted by molar-refractivity contribution is 5.43. The molecule has 21 heavy (non-hydrogen) atoms. The van der Waals surface area contributed by atoms with Gasteiger partial charge < -0.3 is 15.2 Å². The van der Waals surface area contributed by atoms with E-state index in [9.17, 15) is 5.26 Å². The van der Waals surface area contributed by atoms with Gasteiger partial charge >= 0.3 is 0 Å². The molecule has 0 aliphatic rings. The minimum Gasteiger partial charge on any atom is -0.493 e. The molecule has 108 valence electrons. The van der Waals surface area contributed by atoms with Gasteiger partial charge in [-0.3, -0.25) is 0 Å². The van der Waals surface area contributed by atoms with Crippen LogP contribution in [0, 0.1) is 18.3 Å². The molecule has 1 atom stereocenters. The molecule has 2 rings (SSSR count). The first-order valence-electron chi connectivity index (χ1n) is 6.62. The number of ether oxygens (including phenoxy) is 2. The standard InChI is InChI=1S/C17H18N2O2/c1-13-8-9-15(16(10-13)20-2)21-12-17(19,11-18)14-6-4-3-5-7-14/h3-10H,12,19H2,1-2H3. The molecule has 0 saturated carbocycles. The highest BCUT2D eigenvalue weighted by Crippen LogP contribution is 2.29. The average Bonchev–Trinajstić information content (AvgIpc) is 2.54. The quantitative estimate of drug-likeness (QED) is 0.915. The summed E-state index contributed by atoms with van der Waals surface area (Å²) in [6.07, 6.45) is 0. The third-order valence-electron chi connectivity index (χ3n) is 3.26. The van der Waals surface area contributed by atoms with Crippen molar-refractivity contribution in [1.82, 2.24) is 0 Å². The lowest BCUT2D eigenvalue weighted by atomic mass is 9.94. The number of methoxy groups -OCH3 is 1. The summed E-state index contributed by atoms with van der Waals surface area (Å²) in [5, 5.41) is 9.40. The molecular weight excluding hydrogens is 264 g/mol. The molecule has 0 spiro atoms. The first-order valence-corrected chi connectivity index (χ1v) is 6.62. The summed E-state index contributed by atoms with van der Waals surface area (Å²) in [5.74, 6) is 1.20. The fourth-order valence-corrected chi connectivity index (χ4v) is 2.00. The summed E-state index contributed by atoms with van der Waals surface area (Å²) in [6.45, 7) is 2.02. The second kappa shape index (κ2) is 6.29. The first-order chi connectivity index (χ1) is 10.1. The number of aryl methyl sites for hydroxylation is 1. The van der Waals surface area contributed by atoms with Crippen LogP contribution in [0.2, 0.25) is 0 Å². The summed E-state index contributed by atoms with van der Waals surface area (Å²) < 4.78 is 11.0. The number of nitriles is 1. The number of benzene rings is 2. The average molecular weight is 282 g/mol. The van der Waals surface area contributed by atoms with E-state index < -0.39 is 5.54 Å². The maximum absolute atomic E-state index is 9.40. The zero-order chi connectivity index (χ0) is 15.3. The van der Waals surface area contributed by atoms with Crippen LogP contribution >= 0.6 is 0 Å². The molecule has 0 amide bonds. The molecule has 4 heteroatoms. The molecule has 0 bridgehead atoms. The highest BCUT2D eigenvalue weighted by atomic mass is 16.5. The molecule has 0 radical (unpaired) electrons. The van der Waals surface area contributed by atoms with Crippen molar-refractivity contribution < 1.29 is 9.47 Å². The lowest BCUT2D eigenvalue weighted by Crippen LogP contribution is -2.41. The molecule has 2 N–H and O–H groups in total. The van der Waals surface area contributed by atoms with Gasteiger partial charge in [0.1, 0.15) is 6.61 Å². The van der Waals surface area contributed by atoms with E-state index in [1.165, 1.54) is 0 Å². The van der Waals surface area contributed by atoms with E-state index in [1.54, 1.807) is 7.11 Å². The Labute approximate surface area is 124 Å². The van der Waals surface area contributed by atoms with Crippen molar-refractivity contribution in [3.8, 4) is 17.6 Å². The SMILES string of the molecule is COc1cc(C)ccc1OCC(N)(C#N)c1ccccc1. The van der Waals surface area contributed by atoms with Gasteiger partial charge in [-0.2, -0.15) is 5.26 Å². The Balaban J connectivity index is 2.20. The van der Waals surface area contributed by atoms with Crippen molar-refractivity contribution in [1.29, 1.82) is 5.26 Å². The zero-order valence-corrected chi connectivity index (χ0v) is 12.2. The van der Waals surface area contributed by atoms with Gasteiger partial charge in [-0.25, -0.2) is 0 Å². The van der Waals surface area contributed by atoms with Gasteiger partial charge in [-0.1, -0.05) is 36.4 Å². The van der Waals surface area contributed by atoms with Crippen LogP contribution in [0.5, 0.6) is 11.5 Å². The smallest absolute Gasteiger partial charge is 0.164 e. The van der Waals surface area contributed by atoms with Crippen LogP contribution in [0.4, 0.5) is 0 Å². The topological polar surface area (TPSA) is 68.3 Å². The van der Waals surface area contributed by atoms with Crippen molar-refractivity contribution in [3.05, 3.63) is 59.7 Å². The van der Waals surface area contributed by atoms with E-state index in [2.05, 4.69) is 6.07 Å². The van der Waals surface area contributed by atoms with Gasteiger partial charge in [0, 0.05) is 0 Å². The Bertz CT molecular complexity index is 650. The predicted molar refractivity (Wildman–Crippen MR) is 81.1 cm³/mol. The minimum absolute atomic E-state index is 0.0485. The lowest BCUT2D eigenvalue weighted by Gasteiger charge is -2.23. The maximum Gasteiger partial charge on any atom is 0.164 e. The Kier molecular flexibility index (Phi) is 4.46. The Morgan fingerprint density at radius 1 is 1.14 bits per heavy atom. The summed E-state index contributed by atoms with van der Waals surface area (Å²) in [7, 11) is 1.58. The predicted octanol–water partition coefficient (Wildman–Crippen LogP) is 2.76. The number of nitrogens with zero attached hydrogens (tertiary/aromatic N) is 1. The van der Waals surface area contributed by atoms with Crippen molar-refractivity contribution in [2.24, 2.45) is 5.73 Å². The van der Waals surface area contributed by atoms with Crippen molar-refractivity contribution in [3.63, 3.8) is 0 Å². The molecule has 0 heterocycles. The monoisotopic (exact) mass is 282 g/mol. The van der Waals surface area contributed by atoms with Gasteiger partial charge in [-0.05, 0) is 30.2 Å². The van der Waals surface area contributed by atoms with E-state index >= 15 is 0 Å². The van der Waals surface area contributed by atoms with Gasteiger partial charge in [0.05, 0.1) is 13.2 Å². The Morgan fingerprint density at radius 2 is 1.86 bits per heavy atom. The molecule has 0 aliphatic heterocycles. The van der Waals surface area contributed by atoms with Gasteiger partial charge in [0.25, 0.3) is 0 Å². The summed E-state index contributed by atoms with van der Waals surface area (Å²) in [5.41, 5.74) is 6.76. The van der Waals surface area contributed by atoms with Crippen molar-refractivity contribution >= 4 is 0 Å². The maximum atomic E-state index is 9.40. The van der Waals surface area contributed by atoms with E-state index in [0.717, 1.165) is 11.1 Å². The number of hydrogen-bond acceptors (Lipinski definition) is 4. The second-order valence-corrected chi connectivity index (χ2v) is 4.89. The first kappa shape index (κ1) is 14.9. The van der Waals surface area contributed by atoms with Crippen molar-refractivity contribution in [2.45, 2.75) is 12.5 Å². The Morgan fingerprint density at radius 3 is 2.48 bits per heavy atom. The molecule has 0 aliphatic carbocycles. The van der Waals surface area contributed by atoms with Crippen LogP contribution in [0.25, 0.3) is 0 Å². The van der Waals surface area contributed by atoms with Crippen LogP contribution in [0.15, 0.2) is 48.5 Å².